The number of anilines is 1. The molecular weight excluding hydrogens is 482 g/mol. The molecule has 0 aromatic carbocycles. The molecule has 5 N–H and O–H groups in total. The van der Waals surface area contributed by atoms with Crippen LogP contribution in [0.4, 0.5) is 10.6 Å². The van der Waals surface area contributed by atoms with Crippen molar-refractivity contribution < 1.29 is 29.3 Å². The van der Waals surface area contributed by atoms with E-state index in [0.29, 0.717) is 32.0 Å². The summed E-state index contributed by atoms with van der Waals surface area (Å²) >= 11 is 0. The number of nitrogens with two attached hydrogens (primary N) is 1. The van der Waals surface area contributed by atoms with E-state index in [0.717, 1.165) is 12.8 Å². The number of amides is 2. The number of likely N-dealkylation sites (tertiary alicyclic amines) is 1. The van der Waals surface area contributed by atoms with Gasteiger partial charge in [0.2, 0.25) is 5.82 Å². The highest BCUT2D eigenvalue weighted by molar-refractivity contribution is 5.83. The Balaban J connectivity index is 1.45. The molecule has 2 saturated heterocycles. The zero-order valence-corrected chi connectivity index (χ0v) is 21.1. The number of fused-ring (bicyclic) bond motifs is 1. The van der Waals surface area contributed by atoms with Gasteiger partial charge in [-0.2, -0.15) is 0 Å². The number of carbonyl (C=O) groups is 2. The smallest absolute Gasteiger partial charge is 0.410 e. The number of nitrogen functional groups attached to an aromatic ring is 1. The molecule has 4 rings (SSSR count). The second-order valence-corrected chi connectivity index (χ2v) is 9.45. The topological polar surface area (TPSA) is 178 Å². The first-order valence-electron chi connectivity index (χ1n) is 12.4. The van der Waals surface area contributed by atoms with Crippen molar-refractivity contribution in [1.29, 1.82) is 0 Å². The van der Waals surface area contributed by atoms with Crippen molar-refractivity contribution in [1.82, 2.24) is 29.7 Å². The number of hydrogen-bond acceptors (Lipinski definition) is 10. The molecule has 2 aromatic heterocycles. The van der Waals surface area contributed by atoms with E-state index in [2.05, 4.69) is 32.1 Å². The summed E-state index contributed by atoms with van der Waals surface area (Å²) < 4.78 is 12.3. The minimum atomic E-state index is -1.42. The van der Waals surface area contributed by atoms with Crippen LogP contribution in [0, 0.1) is 17.8 Å². The van der Waals surface area contributed by atoms with Gasteiger partial charge in [-0.1, -0.05) is 5.92 Å². The van der Waals surface area contributed by atoms with E-state index in [1.54, 1.807) is 11.8 Å². The number of likely N-dealkylation sites (N-methyl/N-ethyl adjacent to an activating group) is 1. The van der Waals surface area contributed by atoms with Crippen molar-refractivity contribution in [2.45, 2.75) is 70.7 Å². The first-order valence-corrected chi connectivity index (χ1v) is 12.4. The molecule has 13 nitrogen and oxygen atoms in total. The number of ether oxygens (including phenoxy) is 2. The fraction of sp³-hybridized carbons (Fsp3) is 0.625. The average Bonchev–Trinajstić information content (AvgIpc) is 3.40. The van der Waals surface area contributed by atoms with Gasteiger partial charge in [-0.25, -0.2) is 19.7 Å². The van der Waals surface area contributed by atoms with E-state index in [-0.39, 0.29) is 35.0 Å². The predicted molar refractivity (Wildman–Crippen MR) is 132 cm³/mol. The van der Waals surface area contributed by atoms with E-state index in [4.69, 9.17) is 15.2 Å². The third-order valence-electron chi connectivity index (χ3n) is 6.37. The molecule has 0 spiro atoms. The largest absolute Gasteiger partial charge is 0.447 e. The Bertz CT molecular complexity index is 1200. The van der Waals surface area contributed by atoms with Crippen LogP contribution in [0.5, 0.6) is 0 Å². The summed E-state index contributed by atoms with van der Waals surface area (Å²) in [5.41, 5.74) is 6.63. The van der Waals surface area contributed by atoms with Gasteiger partial charge in [0.05, 0.1) is 12.4 Å². The highest BCUT2D eigenvalue weighted by Gasteiger charge is 2.47. The number of hydrogen-bond donors (Lipinski definition) is 4. The van der Waals surface area contributed by atoms with Crippen LogP contribution >= 0.6 is 0 Å². The summed E-state index contributed by atoms with van der Waals surface area (Å²) in [5.74, 6) is 6.14. The summed E-state index contributed by atoms with van der Waals surface area (Å²) in [6.45, 7) is 7.00. The molecule has 0 saturated carbocycles. The Morgan fingerprint density at radius 1 is 1.27 bits per heavy atom. The van der Waals surface area contributed by atoms with Gasteiger partial charge in [0.15, 0.2) is 23.8 Å². The molecule has 0 bridgehead atoms. The third-order valence-corrected chi connectivity index (χ3v) is 6.37. The number of aromatic nitrogens is 4. The number of nitrogens with one attached hydrogen (secondary N) is 1. The van der Waals surface area contributed by atoms with Gasteiger partial charge in [-0.15, -0.1) is 0 Å². The lowest BCUT2D eigenvalue weighted by molar-refractivity contribution is -0.137. The van der Waals surface area contributed by atoms with E-state index in [1.165, 1.54) is 10.9 Å². The molecule has 13 heteroatoms. The van der Waals surface area contributed by atoms with Gasteiger partial charge in [0.25, 0.3) is 5.91 Å². The van der Waals surface area contributed by atoms with Gasteiger partial charge >= 0.3 is 6.09 Å². The number of rotatable bonds is 5. The van der Waals surface area contributed by atoms with Gasteiger partial charge in [0.1, 0.15) is 17.7 Å². The molecule has 200 valence electrons. The van der Waals surface area contributed by atoms with Crippen LogP contribution < -0.4 is 11.1 Å². The number of imidazole rings is 1. The number of carbonyl (C=O) groups excluding carboxylic acids is 2. The van der Waals surface area contributed by atoms with Crippen LogP contribution in [0.25, 0.3) is 11.2 Å². The van der Waals surface area contributed by atoms with Crippen LogP contribution in [-0.2, 0) is 14.3 Å². The first-order chi connectivity index (χ1) is 17.7. The maximum Gasteiger partial charge on any atom is 0.410 e. The summed E-state index contributed by atoms with van der Waals surface area (Å²) in [7, 11) is 0. The molecule has 0 aliphatic carbocycles. The van der Waals surface area contributed by atoms with Gasteiger partial charge in [0, 0.05) is 26.1 Å². The SMILES string of the molecule is CCNC(=O)C1OC(n2cnc3c(N)nc(C#CCC4CCN(C(=O)OC(C)C)CC4)nc32)C(O)C1O. The third kappa shape index (κ3) is 5.76. The van der Waals surface area contributed by atoms with Crippen molar-refractivity contribution >= 4 is 29.0 Å². The lowest BCUT2D eigenvalue weighted by atomic mass is 9.94. The highest BCUT2D eigenvalue weighted by Crippen LogP contribution is 2.32. The molecule has 0 radical (unpaired) electrons. The van der Waals surface area contributed by atoms with E-state index >= 15 is 0 Å². The van der Waals surface area contributed by atoms with E-state index in [9.17, 15) is 19.8 Å². The Labute approximate surface area is 214 Å². The average molecular weight is 516 g/mol. The molecule has 2 aromatic rings. The number of nitrogens with zero attached hydrogens (tertiary/aromatic N) is 5. The molecule has 2 fully saturated rings. The predicted octanol–water partition coefficient (Wildman–Crippen LogP) is 0.162. The maximum absolute atomic E-state index is 12.2. The first kappa shape index (κ1) is 26.6. The Morgan fingerprint density at radius 2 is 2.00 bits per heavy atom. The maximum atomic E-state index is 12.2. The molecule has 2 aliphatic heterocycles. The zero-order valence-electron chi connectivity index (χ0n) is 21.1. The van der Waals surface area contributed by atoms with E-state index < -0.39 is 30.4 Å². The molecule has 4 unspecified atom stereocenters. The van der Waals surface area contributed by atoms with Crippen molar-refractivity contribution in [2.75, 3.05) is 25.4 Å². The monoisotopic (exact) mass is 515 g/mol. The molecular formula is C24H33N7O6. The van der Waals surface area contributed by atoms with Gasteiger partial charge in [-0.05, 0) is 45.5 Å². The van der Waals surface area contributed by atoms with Crippen LogP contribution in [-0.4, -0.2) is 90.7 Å². The second-order valence-electron chi connectivity index (χ2n) is 9.45. The fourth-order valence-corrected chi connectivity index (χ4v) is 4.43. The molecule has 2 aliphatic rings. The van der Waals surface area contributed by atoms with Crippen molar-refractivity contribution in [3.63, 3.8) is 0 Å². The van der Waals surface area contributed by atoms with E-state index in [1.807, 2.05) is 13.8 Å². The number of aliphatic hydroxyl groups is 2. The standard InChI is InChI=1S/C24H33N7O6/c1-4-26-22(34)19-17(32)18(33)23(37-19)31-12-27-16-20(25)28-15(29-21(16)31)7-5-6-14-8-10-30(11-9-14)24(35)36-13(2)3/h12-14,17-19,23,32-33H,4,6,8-11H2,1-3H3,(H,26,34)(H2,25,28,29). The lowest BCUT2D eigenvalue weighted by Crippen LogP contribution is -2.42. The lowest BCUT2D eigenvalue weighted by Gasteiger charge is -2.31. The quantitative estimate of drug-likeness (QED) is 0.401. The summed E-state index contributed by atoms with van der Waals surface area (Å²) in [5, 5.41) is 23.5. The normalized spacial score (nSPS) is 24.2. The Morgan fingerprint density at radius 3 is 2.68 bits per heavy atom. The minimum Gasteiger partial charge on any atom is -0.447 e. The second kappa shape index (κ2) is 11.3. The zero-order chi connectivity index (χ0) is 26.7. The Kier molecular flexibility index (Phi) is 8.11. The molecule has 2 amide bonds. The number of piperidine rings is 1. The Hall–Kier alpha value is -3.47. The molecule has 4 atom stereocenters. The number of aliphatic hydroxyl groups excluding tert-OH is 2. The fourth-order valence-electron chi connectivity index (χ4n) is 4.43. The van der Waals surface area contributed by atoms with Gasteiger partial charge in [-0.3, -0.25) is 9.36 Å². The molecule has 37 heavy (non-hydrogen) atoms. The van der Waals surface area contributed by atoms with Crippen molar-refractivity contribution in [3.05, 3.63) is 12.2 Å². The molecule has 4 heterocycles. The van der Waals surface area contributed by atoms with Crippen molar-refractivity contribution in [3.8, 4) is 11.8 Å². The van der Waals surface area contributed by atoms with Crippen molar-refractivity contribution in [2.24, 2.45) is 5.92 Å². The summed E-state index contributed by atoms with van der Waals surface area (Å²) in [6, 6.07) is 0. The van der Waals surface area contributed by atoms with Crippen LogP contribution in [0.3, 0.4) is 0 Å². The highest BCUT2D eigenvalue weighted by atomic mass is 16.6. The minimum absolute atomic E-state index is 0.110. The van der Waals surface area contributed by atoms with Crippen LogP contribution in [0.15, 0.2) is 6.33 Å². The van der Waals surface area contributed by atoms with Gasteiger partial charge < -0.3 is 35.6 Å². The summed E-state index contributed by atoms with van der Waals surface area (Å²) in [4.78, 5) is 38.9. The van der Waals surface area contributed by atoms with Crippen LogP contribution in [0.1, 0.15) is 52.1 Å². The summed E-state index contributed by atoms with van der Waals surface area (Å²) in [6.07, 6.45) is -1.97. The van der Waals surface area contributed by atoms with Crippen LogP contribution in [0.2, 0.25) is 0 Å².